The molecule has 0 spiro atoms. The predicted molar refractivity (Wildman–Crippen MR) is 87.7 cm³/mol. The molecule has 3 nitrogen and oxygen atoms in total. The highest BCUT2D eigenvalue weighted by molar-refractivity contribution is 9.10. The molecule has 1 aliphatic rings. The lowest BCUT2D eigenvalue weighted by Gasteiger charge is -2.52. The van der Waals surface area contributed by atoms with Crippen LogP contribution in [-0.2, 0) is 4.74 Å². The van der Waals surface area contributed by atoms with Crippen LogP contribution in [0.1, 0.15) is 33.2 Å². The molecule has 2 unspecified atom stereocenters. The third-order valence-electron chi connectivity index (χ3n) is 4.48. The van der Waals surface area contributed by atoms with E-state index in [0.29, 0.717) is 12.1 Å². The maximum absolute atomic E-state index is 5.83. The van der Waals surface area contributed by atoms with Gasteiger partial charge in [-0.1, -0.05) is 29.8 Å². The highest BCUT2D eigenvalue weighted by atomic mass is 79.9. The van der Waals surface area contributed by atoms with Crippen molar-refractivity contribution in [2.75, 3.05) is 6.61 Å². The standard InChI is InChI=1S/C15H19BrN2OS/c1-4-19-13-8-12(15(13,2)3)18-11-6-5-9(16)7-10(11)17-14(18)20/h5-7,12-13H,4,8H2,1-3H3,(H,17,20). The van der Waals surface area contributed by atoms with E-state index in [9.17, 15) is 0 Å². The van der Waals surface area contributed by atoms with E-state index in [0.717, 1.165) is 27.8 Å². The molecule has 0 bridgehead atoms. The molecule has 2 atom stereocenters. The number of imidazole rings is 1. The van der Waals surface area contributed by atoms with Crippen molar-refractivity contribution in [3.05, 3.63) is 27.4 Å². The van der Waals surface area contributed by atoms with Gasteiger partial charge in [0.15, 0.2) is 4.77 Å². The number of rotatable bonds is 3. The van der Waals surface area contributed by atoms with Gasteiger partial charge in [0, 0.05) is 22.5 Å². The number of H-pyrrole nitrogens is 1. The average Bonchev–Trinajstić information content (AvgIpc) is 2.69. The van der Waals surface area contributed by atoms with Crippen molar-refractivity contribution in [2.24, 2.45) is 5.41 Å². The minimum absolute atomic E-state index is 0.108. The van der Waals surface area contributed by atoms with Gasteiger partial charge in [-0.05, 0) is 43.8 Å². The Labute approximate surface area is 132 Å². The number of aromatic nitrogens is 2. The molecule has 20 heavy (non-hydrogen) atoms. The number of aromatic amines is 1. The maximum atomic E-state index is 5.83. The number of nitrogens with one attached hydrogen (secondary N) is 1. The van der Waals surface area contributed by atoms with Crippen molar-refractivity contribution in [3.63, 3.8) is 0 Å². The van der Waals surface area contributed by atoms with Gasteiger partial charge in [0.1, 0.15) is 0 Å². The summed E-state index contributed by atoms with van der Waals surface area (Å²) in [4.78, 5) is 3.31. The fourth-order valence-electron chi connectivity index (χ4n) is 3.20. The van der Waals surface area contributed by atoms with E-state index in [-0.39, 0.29) is 5.41 Å². The normalized spacial score (nSPS) is 24.8. The lowest BCUT2D eigenvalue weighted by atomic mass is 9.64. The average molecular weight is 355 g/mol. The SMILES string of the molecule is CCOC1CC(n2c(=S)[nH]c3cc(Br)ccc32)C1(C)C. The molecule has 0 amide bonds. The summed E-state index contributed by atoms with van der Waals surface area (Å²) in [5.41, 5.74) is 2.36. The fraction of sp³-hybridized carbons (Fsp3) is 0.533. The van der Waals surface area contributed by atoms with Crippen LogP contribution in [0.5, 0.6) is 0 Å². The minimum Gasteiger partial charge on any atom is -0.378 e. The Morgan fingerprint density at radius 2 is 2.25 bits per heavy atom. The van der Waals surface area contributed by atoms with Crippen LogP contribution in [0.15, 0.2) is 22.7 Å². The van der Waals surface area contributed by atoms with Crippen LogP contribution in [0.2, 0.25) is 0 Å². The first-order chi connectivity index (χ1) is 9.45. The molecule has 1 aromatic heterocycles. The van der Waals surface area contributed by atoms with Crippen LogP contribution < -0.4 is 0 Å². The van der Waals surface area contributed by atoms with Crippen LogP contribution in [0.4, 0.5) is 0 Å². The summed E-state index contributed by atoms with van der Waals surface area (Å²) >= 11 is 9.03. The molecular weight excluding hydrogens is 336 g/mol. The Bertz CT molecular complexity index is 703. The second-order valence-corrected chi connectivity index (χ2v) is 7.28. The van der Waals surface area contributed by atoms with E-state index < -0.39 is 0 Å². The number of hydrogen-bond acceptors (Lipinski definition) is 2. The lowest BCUT2D eigenvalue weighted by Crippen LogP contribution is -2.51. The van der Waals surface area contributed by atoms with E-state index in [1.165, 1.54) is 5.52 Å². The molecule has 1 aliphatic carbocycles. The van der Waals surface area contributed by atoms with E-state index in [1.807, 2.05) is 0 Å². The van der Waals surface area contributed by atoms with Crippen LogP contribution in [-0.4, -0.2) is 22.3 Å². The van der Waals surface area contributed by atoms with Gasteiger partial charge in [-0.2, -0.15) is 0 Å². The van der Waals surface area contributed by atoms with E-state index in [2.05, 4.69) is 64.5 Å². The molecule has 1 heterocycles. The number of ether oxygens (including phenoxy) is 1. The van der Waals surface area contributed by atoms with Crippen LogP contribution >= 0.6 is 28.1 Å². The molecule has 0 saturated heterocycles. The monoisotopic (exact) mass is 354 g/mol. The molecule has 0 radical (unpaired) electrons. The molecule has 2 aromatic rings. The molecule has 108 valence electrons. The summed E-state index contributed by atoms with van der Waals surface area (Å²) in [6, 6.07) is 6.65. The Hall–Kier alpha value is -0.650. The fourth-order valence-corrected chi connectivity index (χ4v) is 3.90. The Kier molecular flexibility index (Phi) is 3.55. The van der Waals surface area contributed by atoms with E-state index >= 15 is 0 Å². The molecule has 5 heteroatoms. The summed E-state index contributed by atoms with van der Waals surface area (Å²) < 4.78 is 9.94. The van der Waals surface area contributed by atoms with Crippen molar-refractivity contribution in [1.82, 2.24) is 9.55 Å². The summed E-state index contributed by atoms with van der Waals surface area (Å²) in [6.07, 6.45) is 1.35. The summed E-state index contributed by atoms with van der Waals surface area (Å²) in [6.45, 7) is 7.35. The van der Waals surface area contributed by atoms with Crippen molar-refractivity contribution in [3.8, 4) is 0 Å². The topological polar surface area (TPSA) is 29.9 Å². The molecule has 3 rings (SSSR count). The first-order valence-electron chi connectivity index (χ1n) is 6.96. The van der Waals surface area contributed by atoms with Crippen LogP contribution in [0.3, 0.4) is 0 Å². The number of halogens is 1. The van der Waals surface area contributed by atoms with Gasteiger partial charge in [0.2, 0.25) is 0 Å². The van der Waals surface area contributed by atoms with Crippen LogP contribution in [0.25, 0.3) is 11.0 Å². The van der Waals surface area contributed by atoms with Gasteiger partial charge in [-0.15, -0.1) is 0 Å². The van der Waals surface area contributed by atoms with Crippen molar-refractivity contribution < 1.29 is 4.74 Å². The van der Waals surface area contributed by atoms with Gasteiger partial charge in [0.05, 0.1) is 17.1 Å². The zero-order chi connectivity index (χ0) is 14.5. The van der Waals surface area contributed by atoms with E-state index in [1.54, 1.807) is 0 Å². The second-order valence-electron chi connectivity index (χ2n) is 5.98. The predicted octanol–water partition coefficient (Wildman–Crippen LogP) is 4.84. The van der Waals surface area contributed by atoms with Crippen molar-refractivity contribution in [1.29, 1.82) is 0 Å². The molecule has 1 fully saturated rings. The highest BCUT2D eigenvalue weighted by Crippen LogP contribution is 2.52. The minimum atomic E-state index is 0.108. The van der Waals surface area contributed by atoms with Gasteiger partial charge in [-0.25, -0.2) is 0 Å². The number of nitrogens with zero attached hydrogens (tertiary/aromatic N) is 1. The number of benzene rings is 1. The second kappa shape index (κ2) is 4.97. The first-order valence-corrected chi connectivity index (χ1v) is 8.16. The van der Waals surface area contributed by atoms with Crippen molar-refractivity contribution >= 4 is 39.2 Å². The van der Waals surface area contributed by atoms with Gasteiger partial charge >= 0.3 is 0 Å². The lowest BCUT2D eigenvalue weighted by molar-refractivity contribution is -0.127. The first kappa shape index (κ1) is 14.3. The maximum Gasteiger partial charge on any atom is 0.178 e. The summed E-state index contributed by atoms with van der Waals surface area (Å²) in [5.74, 6) is 0. The van der Waals surface area contributed by atoms with E-state index in [4.69, 9.17) is 17.0 Å². The summed E-state index contributed by atoms with van der Waals surface area (Å²) in [5, 5.41) is 0. The highest BCUT2D eigenvalue weighted by Gasteiger charge is 2.50. The Morgan fingerprint density at radius 1 is 1.50 bits per heavy atom. The zero-order valence-corrected chi connectivity index (χ0v) is 14.3. The van der Waals surface area contributed by atoms with Crippen molar-refractivity contribution in [2.45, 2.75) is 39.3 Å². The number of hydrogen-bond donors (Lipinski definition) is 1. The zero-order valence-electron chi connectivity index (χ0n) is 11.9. The third kappa shape index (κ3) is 2.07. The van der Waals surface area contributed by atoms with Crippen LogP contribution in [0, 0.1) is 10.2 Å². The van der Waals surface area contributed by atoms with Gasteiger partial charge in [-0.3, -0.25) is 0 Å². The summed E-state index contributed by atoms with van der Waals surface area (Å²) in [7, 11) is 0. The molecule has 1 saturated carbocycles. The molecule has 1 aromatic carbocycles. The Morgan fingerprint density at radius 3 is 2.90 bits per heavy atom. The quantitative estimate of drug-likeness (QED) is 0.799. The van der Waals surface area contributed by atoms with Gasteiger partial charge in [0.25, 0.3) is 0 Å². The Balaban J connectivity index is 2.04. The largest absolute Gasteiger partial charge is 0.378 e. The molecule has 0 aliphatic heterocycles. The third-order valence-corrected chi connectivity index (χ3v) is 5.28. The molecule has 1 N–H and O–H groups in total. The van der Waals surface area contributed by atoms with Gasteiger partial charge < -0.3 is 14.3 Å². The molecular formula is C15H19BrN2OS. The smallest absolute Gasteiger partial charge is 0.178 e. The number of fused-ring (bicyclic) bond motifs is 1.